The van der Waals surface area contributed by atoms with E-state index in [0.717, 1.165) is 0 Å². The molecule has 0 aliphatic rings. The van der Waals surface area contributed by atoms with Gasteiger partial charge in [-0.1, -0.05) is 6.92 Å². The summed E-state index contributed by atoms with van der Waals surface area (Å²) in [6.45, 7) is 1.77. The van der Waals surface area contributed by atoms with Crippen LogP contribution in [0.3, 0.4) is 0 Å². The van der Waals surface area contributed by atoms with E-state index in [1.54, 1.807) is 6.92 Å². The number of methoxy groups -OCH3 is 1. The van der Waals surface area contributed by atoms with Gasteiger partial charge in [0.25, 0.3) is 0 Å². The topological polar surface area (TPSA) is 61.6 Å². The van der Waals surface area contributed by atoms with Crippen molar-refractivity contribution >= 4 is 6.09 Å². The van der Waals surface area contributed by atoms with E-state index < -0.39 is 11.9 Å². The monoisotopic (exact) mass is 227 g/mol. The third-order valence-corrected chi connectivity index (χ3v) is 2.34. The minimum absolute atomic E-state index is 0.371. The Bertz CT molecular complexity index is 360. The van der Waals surface area contributed by atoms with Crippen molar-refractivity contribution in [2.24, 2.45) is 5.73 Å². The summed E-state index contributed by atoms with van der Waals surface area (Å²) in [5, 5.41) is 0. The lowest BCUT2D eigenvalue weighted by molar-refractivity contribution is -0.193. The van der Waals surface area contributed by atoms with Gasteiger partial charge >= 0.3 is 6.09 Å². The molecule has 0 spiro atoms. The predicted octanol–water partition coefficient (Wildman–Crippen LogP) is 2.13. The Balaban J connectivity index is 3.09. The summed E-state index contributed by atoms with van der Waals surface area (Å²) in [5.74, 6) is -1.62. The SMILES string of the molecule is CC[C@](OC)(OC(N)=O)c1ccc(F)cc1. The van der Waals surface area contributed by atoms with Gasteiger partial charge in [-0.25, -0.2) is 9.18 Å². The molecule has 0 aliphatic carbocycles. The summed E-state index contributed by atoms with van der Waals surface area (Å²) < 4.78 is 22.9. The van der Waals surface area contributed by atoms with Gasteiger partial charge in [-0.3, -0.25) is 0 Å². The number of rotatable bonds is 4. The van der Waals surface area contributed by atoms with Crippen molar-refractivity contribution in [3.63, 3.8) is 0 Å². The number of carbonyl (C=O) groups excluding carboxylic acids is 1. The van der Waals surface area contributed by atoms with E-state index in [4.69, 9.17) is 15.2 Å². The molecule has 0 aliphatic heterocycles. The van der Waals surface area contributed by atoms with Gasteiger partial charge in [0.1, 0.15) is 5.82 Å². The number of carbonyl (C=O) groups is 1. The number of amides is 1. The van der Waals surface area contributed by atoms with Crippen LogP contribution < -0.4 is 5.73 Å². The van der Waals surface area contributed by atoms with Gasteiger partial charge in [-0.15, -0.1) is 0 Å². The van der Waals surface area contributed by atoms with E-state index in [9.17, 15) is 9.18 Å². The first-order valence-corrected chi connectivity index (χ1v) is 4.83. The summed E-state index contributed by atoms with van der Waals surface area (Å²) >= 11 is 0. The quantitative estimate of drug-likeness (QED) is 0.801. The molecule has 5 heteroatoms. The first-order chi connectivity index (χ1) is 7.54. The predicted molar refractivity (Wildman–Crippen MR) is 56.0 cm³/mol. The van der Waals surface area contributed by atoms with Crippen LogP contribution >= 0.6 is 0 Å². The lowest BCUT2D eigenvalue weighted by Gasteiger charge is -2.30. The second-order valence-corrected chi connectivity index (χ2v) is 3.24. The van der Waals surface area contributed by atoms with Crippen molar-refractivity contribution in [2.75, 3.05) is 7.11 Å². The molecule has 1 aromatic carbocycles. The van der Waals surface area contributed by atoms with E-state index in [-0.39, 0.29) is 5.82 Å². The summed E-state index contributed by atoms with van der Waals surface area (Å²) in [7, 11) is 1.40. The molecule has 1 aromatic rings. The zero-order valence-corrected chi connectivity index (χ0v) is 9.20. The normalized spacial score (nSPS) is 14.2. The second kappa shape index (κ2) is 4.94. The Kier molecular flexibility index (Phi) is 3.84. The molecule has 0 heterocycles. The molecule has 88 valence electrons. The number of ether oxygens (including phenoxy) is 2. The first kappa shape index (κ1) is 12.4. The zero-order valence-electron chi connectivity index (χ0n) is 9.20. The number of benzene rings is 1. The van der Waals surface area contributed by atoms with Crippen LogP contribution in [0, 0.1) is 5.82 Å². The van der Waals surface area contributed by atoms with Gasteiger partial charge < -0.3 is 15.2 Å². The Labute approximate surface area is 93.2 Å². The molecule has 2 N–H and O–H groups in total. The fourth-order valence-electron chi connectivity index (χ4n) is 1.51. The molecule has 1 amide bonds. The van der Waals surface area contributed by atoms with Gasteiger partial charge in [-0.2, -0.15) is 0 Å². The number of hydrogen-bond acceptors (Lipinski definition) is 3. The summed E-state index contributed by atoms with van der Waals surface area (Å²) in [5.41, 5.74) is 5.52. The number of primary amides is 1. The molecule has 4 nitrogen and oxygen atoms in total. The number of hydrogen-bond donors (Lipinski definition) is 1. The van der Waals surface area contributed by atoms with Crippen molar-refractivity contribution in [1.29, 1.82) is 0 Å². The van der Waals surface area contributed by atoms with Gasteiger partial charge in [0.2, 0.25) is 5.79 Å². The fourth-order valence-corrected chi connectivity index (χ4v) is 1.51. The molecular formula is C11H14FNO3. The van der Waals surface area contributed by atoms with Crippen LogP contribution in [-0.2, 0) is 15.3 Å². The molecular weight excluding hydrogens is 213 g/mol. The molecule has 0 radical (unpaired) electrons. The molecule has 0 aromatic heterocycles. The van der Waals surface area contributed by atoms with Crippen molar-refractivity contribution < 1.29 is 18.7 Å². The molecule has 0 fully saturated rings. The van der Waals surface area contributed by atoms with Crippen LogP contribution in [0.2, 0.25) is 0 Å². The van der Waals surface area contributed by atoms with Crippen LogP contribution in [0.5, 0.6) is 0 Å². The Morgan fingerprint density at radius 2 is 2.00 bits per heavy atom. The highest BCUT2D eigenvalue weighted by molar-refractivity contribution is 5.65. The van der Waals surface area contributed by atoms with E-state index >= 15 is 0 Å². The van der Waals surface area contributed by atoms with Crippen molar-refractivity contribution in [2.45, 2.75) is 19.1 Å². The maximum absolute atomic E-state index is 12.8. The molecule has 0 bridgehead atoms. The van der Waals surface area contributed by atoms with Crippen LogP contribution in [0.1, 0.15) is 18.9 Å². The van der Waals surface area contributed by atoms with E-state index in [0.29, 0.717) is 12.0 Å². The van der Waals surface area contributed by atoms with E-state index in [1.165, 1.54) is 31.4 Å². The van der Waals surface area contributed by atoms with Gasteiger partial charge in [0, 0.05) is 19.1 Å². The van der Waals surface area contributed by atoms with Gasteiger partial charge in [-0.05, 0) is 24.3 Å². The van der Waals surface area contributed by atoms with E-state index in [2.05, 4.69) is 0 Å². The largest absolute Gasteiger partial charge is 0.413 e. The average molecular weight is 227 g/mol. The Morgan fingerprint density at radius 3 is 2.38 bits per heavy atom. The second-order valence-electron chi connectivity index (χ2n) is 3.24. The zero-order chi connectivity index (χ0) is 12.2. The van der Waals surface area contributed by atoms with Crippen molar-refractivity contribution in [3.8, 4) is 0 Å². The third-order valence-electron chi connectivity index (χ3n) is 2.34. The van der Waals surface area contributed by atoms with Crippen molar-refractivity contribution in [1.82, 2.24) is 0 Å². The number of nitrogens with two attached hydrogens (primary N) is 1. The number of halogens is 1. The standard InChI is InChI=1S/C11H14FNO3/c1-3-11(15-2,16-10(13)14)8-4-6-9(12)7-5-8/h4-7H,3H2,1-2H3,(H2,13,14)/t11-/m0/s1. The van der Waals surface area contributed by atoms with Crippen molar-refractivity contribution in [3.05, 3.63) is 35.6 Å². The minimum atomic E-state index is -1.25. The van der Waals surface area contributed by atoms with Crippen LogP contribution in [0.15, 0.2) is 24.3 Å². The van der Waals surface area contributed by atoms with Crippen LogP contribution in [0.25, 0.3) is 0 Å². The van der Waals surface area contributed by atoms with Crippen LogP contribution in [0.4, 0.5) is 9.18 Å². The Hall–Kier alpha value is -1.62. The lowest BCUT2D eigenvalue weighted by atomic mass is 10.0. The highest BCUT2D eigenvalue weighted by atomic mass is 19.1. The van der Waals surface area contributed by atoms with Gasteiger partial charge in [0.15, 0.2) is 0 Å². The minimum Gasteiger partial charge on any atom is -0.413 e. The summed E-state index contributed by atoms with van der Waals surface area (Å²) in [4.78, 5) is 10.8. The maximum atomic E-state index is 12.8. The van der Waals surface area contributed by atoms with Gasteiger partial charge in [0.05, 0.1) is 0 Å². The summed E-state index contributed by atoms with van der Waals surface area (Å²) in [6, 6.07) is 5.52. The van der Waals surface area contributed by atoms with Crippen LogP contribution in [-0.4, -0.2) is 13.2 Å². The molecule has 0 saturated heterocycles. The Morgan fingerprint density at radius 1 is 1.44 bits per heavy atom. The highest BCUT2D eigenvalue weighted by Gasteiger charge is 2.34. The van der Waals surface area contributed by atoms with E-state index in [1.807, 2.05) is 0 Å². The average Bonchev–Trinajstić information content (AvgIpc) is 2.27. The third kappa shape index (κ3) is 2.49. The molecule has 1 atom stereocenters. The fraction of sp³-hybridized carbons (Fsp3) is 0.364. The first-order valence-electron chi connectivity index (χ1n) is 4.83. The molecule has 0 unspecified atom stereocenters. The highest BCUT2D eigenvalue weighted by Crippen LogP contribution is 2.30. The smallest absolute Gasteiger partial charge is 0.407 e. The molecule has 16 heavy (non-hydrogen) atoms. The maximum Gasteiger partial charge on any atom is 0.407 e. The lowest BCUT2D eigenvalue weighted by Crippen LogP contribution is -2.36. The molecule has 0 saturated carbocycles. The molecule has 1 rings (SSSR count). The summed E-state index contributed by atoms with van der Waals surface area (Å²) in [6.07, 6.45) is -0.564.